The molecule has 6 heteroatoms. The number of fused-ring (bicyclic) bond motifs is 1. The molecule has 2 N–H and O–H groups in total. The van der Waals surface area contributed by atoms with Gasteiger partial charge in [-0.25, -0.2) is 0 Å². The number of carbonyl (C=O) groups excluding carboxylic acids is 1. The Kier molecular flexibility index (Phi) is 5.10. The number of nitrogens with one attached hydrogen (secondary N) is 1. The van der Waals surface area contributed by atoms with Gasteiger partial charge in [-0.15, -0.1) is 0 Å². The molecule has 6 nitrogen and oxygen atoms in total. The van der Waals surface area contributed by atoms with Gasteiger partial charge in [0, 0.05) is 6.20 Å². The molecule has 0 spiro atoms. The molecule has 28 heavy (non-hydrogen) atoms. The first-order chi connectivity index (χ1) is 13.6. The highest BCUT2D eigenvalue weighted by molar-refractivity contribution is 5.93. The number of nitrogens with zero attached hydrogens (tertiary/aromatic N) is 2. The summed E-state index contributed by atoms with van der Waals surface area (Å²) in [5, 5.41) is 18.7. The Labute approximate surface area is 163 Å². The van der Waals surface area contributed by atoms with E-state index in [1.807, 2.05) is 53.3 Å². The molecule has 2 aromatic carbocycles. The van der Waals surface area contributed by atoms with Crippen LogP contribution in [0.2, 0.25) is 0 Å². The van der Waals surface area contributed by atoms with Crippen molar-refractivity contribution < 1.29 is 14.7 Å². The van der Waals surface area contributed by atoms with Crippen LogP contribution >= 0.6 is 0 Å². The number of hydrogen-bond acceptors (Lipinski definition) is 3. The topological polar surface area (TPSA) is 84.2 Å². The molecule has 4 rings (SSSR count). The highest BCUT2D eigenvalue weighted by atomic mass is 16.4. The van der Waals surface area contributed by atoms with Crippen molar-refractivity contribution in [3.8, 4) is 0 Å². The van der Waals surface area contributed by atoms with Crippen molar-refractivity contribution in [2.24, 2.45) is 0 Å². The molecule has 1 saturated carbocycles. The summed E-state index contributed by atoms with van der Waals surface area (Å²) < 4.78 is 1.87. The Hall–Kier alpha value is -3.15. The fourth-order valence-electron chi connectivity index (χ4n) is 3.91. The summed E-state index contributed by atoms with van der Waals surface area (Å²) in [6.45, 7) is 0. The first-order valence-electron chi connectivity index (χ1n) is 9.66. The third-order valence-corrected chi connectivity index (χ3v) is 5.40. The van der Waals surface area contributed by atoms with Crippen LogP contribution in [0.25, 0.3) is 10.8 Å². The Balaban J connectivity index is 1.55. The largest absolute Gasteiger partial charge is 0.481 e. The second-order valence-corrected chi connectivity index (χ2v) is 7.35. The summed E-state index contributed by atoms with van der Waals surface area (Å²) in [4.78, 5) is 24.1. The number of benzene rings is 2. The molecule has 3 aromatic rings. The third kappa shape index (κ3) is 3.91. The fraction of sp³-hybridized carbons (Fsp3) is 0.318. The van der Waals surface area contributed by atoms with Gasteiger partial charge in [-0.2, -0.15) is 5.10 Å². The molecule has 1 aliphatic rings. The summed E-state index contributed by atoms with van der Waals surface area (Å²) in [5.74, 6) is -1.31. The van der Waals surface area contributed by atoms with Gasteiger partial charge >= 0.3 is 5.97 Å². The van der Waals surface area contributed by atoms with Gasteiger partial charge < -0.3 is 10.4 Å². The van der Waals surface area contributed by atoms with E-state index in [4.69, 9.17) is 0 Å². The zero-order valence-electron chi connectivity index (χ0n) is 15.5. The number of carboxylic acid groups (broad SMARTS) is 1. The second-order valence-electron chi connectivity index (χ2n) is 7.35. The quantitative estimate of drug-likeness (QED) is 0.677. The van der Waals surface area contributed by atoms with Gasteiger partial charge in [-0.3, -0.25) is 14.3 Å². The SMILES string of the molecule is O=C(O)C[C@H](NC(=O)c1ccn(C2CCCC2)n1)c1ccc2ccccc2c1. The Bertz CT molecular complexity index is 1000. The third-order valence-electron chi connectivity index (χ3n) is 5.40. The summed E-state index contributed by atoms with van der Waals surface area (Å²) in [5.41, 5.74) is 1.09. The average molecular weight is 377 g/mol. The molecule has 0 unspecified atom stereocenters. The van der Waals surface area contributed by atoms with Crippen LogP contribution in [0, 0.1) is 0 Å². The van der Waals surface area contributed by atoms with Crippen molar-refractivity contribution in [1.29, 1.82) is 0 Å². The van der Waals surface area contributed by atoms with E-state index >= 15 is 0 Å². The van der Waals surface area contributed by atoms with Gasteiger partial charge in [0.25, 0.3) is 5.91 Å². The molecule has 144 valence electrons. The number of aromatic nitrogens is 2. The van der Waals surface area contributed by atoms with E-state index in [-0.39, 0.29) is 12.3 Å². The predicted molar refractivity (Wildman–Crippen MR) is 106 cm³/mol. The average Bonchev–Trinajstić information content (AvgIpc) is 3.38. The monoisotopic (exact) mass is 377 g/mol. The first-order valence-corrected chi connectivity index (χ1v) is 9.66. The molecule has 0 saturated heterocycles. The molecule has 1 aromatic heterocycles. The molecule has 0 radical (unpaired) electrons. The minimum Gasteiger partial charge on any atom is -0.481 e. The van der Waals surface area contributed by atoms with Crippen molar-refractivity contribution in [3.05, 3.63) is 66.0 Å². The summed E-state index contributed by atoms with van der Waals surface area (Å²) >= 11 is 0. The highest BCUT2D eigenvalue weighted by Gasteiger charge is 2.22. The number of amides is 1. The maximum Gasteiger partial charge on any atom is 0.305 e. The Morgan fingerprint density at radius 1 is 1.11 bits per heavy atom. The second kappa shape index (κ2) is 7.84. The maximum absolute atomic E-state index is 12.7. The van der Waals surface area contributed by atoms with Crippen molar-refractivity contribution in [2.75, 3.05) is 0 Å². The van der Waals surface area contributed by atoms with Crippen LogP contribution in [-0.2, 0) is 4.79 Å². The lowest BCUT2D eigenvalue weighted by Crippen LogP contribution is -2.30. The van der Waals surface area contributed by atoms with Gasteiger partial charge in [-0.1, -0.05) is 49.2 Å². The zero-order chi connectivity index (χ0) is 19.5. The van der Waals surface area contributed by atoms with E-state index in [0.717, 1.165) is 29.2 Å². The zero-order valence-corrected chi connectivity index (χ0v) is 15.5. The van der Waals surface area contributed by atoms with Gasteiger partial charge in [-0.05, 0) is 41.3 Å². The molecule has 1 heterocycles. The lowest BCUT2D eigenvalue weighted by Gasteiger charge is -2.17. The van der Waals surface area contributed by atoms with Crippen LogP contribution < -0.4 is 5.32 Å². The van der Waals surface area contributed by atoms with Gasteiger partial charge in [0.1, 0.15) is 5.69 Å². The minimum absolute atomic E-state index is 0.187. The summed E-state index contributed by atoms with van der Waals surface area (Å²) in [6, 6.07) is 15.1. The van der Waals surface area contributed by atoms with Crippen LogP contribution in [0.15, 0.2) is 54.7 Å². The van der Waals surface area contributed by atoms with Crippen LogP contribution in [0.4, 0.5) is 0 Å². The number of carbonyl (C=O) groups is 2. The molecular formula is C22H23N3O3. The van der Waals surface area contributed by atoms with Crippen LogP contribution in [-0.4, -0.2) is 26.8 Å². The molecule has 1 fully saturated rings. The summed E-state index contributed by atoms with van der Waals surface area (Å²) in [6.07, 6.45) is 6.20. The molecule has 0 bridgehead atoms. The Morgan fingerprint density at radius 2 is 1.86 bits per heavy atom. The van der Waals surface area contributed by atoms with Crippen LogP contribution in [0.1, 0.15) is 60.2 Å². The fourth-order valence-corrected chi connectivity index (χ4v) is 3.91. The predicted octanol–water partition coefficient (Wildman–Crippen LogP) is 4.10. The lowest BCUT2D eigenvalue weighted by atomic mass is 9.99. The van der Waals surface area contributed by atoms with E-state index in [1.54, 1.807) is 6.07 Å². The molecule has 1 aliphatic carbocycles. The number of rotatable bonds is 6. The van der Waals surface area contributed by atoms with Crippen molar-refractivity contribution in [2.45, 2.75) is 44.2 Å². The van der Waals surface area contributed by atoms with Crippen molar-refractivity contribution >= 4 is 22.6 Å². The van der Waals surface area contributed by atoms with Crippen LogP contribution in [0.3, 0.4) is 0 Å². The highest BCUT2D eigenvalue weighted by Crippen LogP contribution is 2.29. The van der Waals surface area contributed by atoms with Gasteiger partial charge in [0.15, 0.2) is 0 Å². The lowest BCUT2D eigenvalue weighted by molar-refractivity contribution is -0.137. The van der Waals surface area contributed by atoms with E-state index in [1.165, 1.54) is 12.8 Å². The normalized spacial score (nSPS) is 15.6. The summed E-state index contributed by atoms with van der Waals surface area (Å²) in [7, 11) is 0. The standard InChI is InChI=1S/C22H23N3O3/c26-21(27)14-20(17-10-9-15-5-1-2-6-16(15)13-17)23-22(28)19-11-12-25(24-19)18-7-3-4-8-18/h1-2,5-6,9-13,18,20H,3-4,7-8,14H2,(H,23,28)(H,26,27)/t20-/m0/s1. The van der Waals surface area contributed by atoms with E-state index in [2.05, 4.69) is 10.4 Å². The number of aliphatic carboxylic acids is 1. The molecular weight excluding hydrogens is 354 g/mol. The number of hydrogen-bond donors (Lipinski definition) is 2. The first kappa shape index (κ1) is 18.2. The maximum atomic E-state index is 12.7. The molecule has 1 atom stereocenters. The van der Waals surface area contributed by atoms with Crippen molar-refractivity contribution in [3.63, 3.8) is 0 Å². The van der Waals surface area contributed by atoms with Gasteiger partial charge in [0.2, 0.25) is 0 Å². The van der Waals surface area contributed by atoms with Crippen molar-refractivity contribution in [1.82, 2.24) is 15.1 Å². The van der Waals surface area contributed by atoms with E-state index in [9.17, 15) is 14.7 Å². The molecule has 1 amide bonds. The van der Waals surface area contributed by atoms with E-state index in [0.29, 0.717) is 11.7 Å². The molecule has 0 aliphatic heterocycles. The van der Waals surface area contributed by atoms with Crippen LogP contribution in [0.5, 0.6) is 0 Å². The van der Waals surface area contributed by atoms with Gasteiger partial charge in [0.05, 0.1) is 18.5 Å². The van der Waals surface area contributed by atoms with E-state index < -0.39 is 12.0 Å². The minimum atomic E-state index is -0.963. The number of carboxylic acids is 1. The smallest absolute Gasteiger partial charge is 0.305 e. The Morgan fingerprint density at radius 3 is 2.61 bits per heavy atom.